The Balaban J connectivity index is 1.56. The molecule has 0 aliphatic rings. The van der Waals surface area contributed by atoms with Gasteiger partial charge in [-0.1, -0.05) is 54.1 Å². The number of halogens is 1. The number of thiazole rings is 1. The van der Waals surface area contributed by atoms with Crippen LogP contribution in [-0.4, -0.2) is 16.0 Å². The second-order valence-electron chi connectivity index (χ2n) is 6.37. The van der Waals surface area contributed by atoms with Crippen molar-refractivity contribution in [2.24, 2.45) is 0 Å². The quantitative estimate of drug-likeness (QED) is 0.404. The standard InChI is InChI=1S/C22H17ClN2O2S/c23-17-13-15(24-20(26)11-10-14-6-2-1-3-7-14)12-16(21(17)27)22-25-18-8-4-5-9-19(18)28-22/h1-9,12-13,27H,10-11H2,(H,24,26). The molecule has 0 atom stereocenters. The van der Waals surface area contributed by atoms with Crippen molar-refractivity contribution < 1.29 is 9.90 Å². The predicted octanol–water partition coefficient (Wildman–Crippen LogP) is 5.89. The minimum Gasteiger partial charge on any atom is -0.506 e. The van der Waals surface area contributed by atoms with Crippen LogP contribution in [0.2, 0.25) is 5.02 Å². The van der Waals surface area contributed by atoms with Crippen molar-refractivity contribution in [1.82, 2.24) is 4.98 Å². The number of carbonyl (C=O) groups is 1. The molecular weight excluding hydrogens is 392 g/mol. The number of anilines is 1. The van der Waals surface area contributed by atoms with Crippen molar-refractivity contribution in [3.05, 3.63) is 77.3 Å². The fourth-order valence-electron chi connectivity index (χ4n) is 2.95. The molecule has 0 radical (unpaired) electrons. The first-order valence-corrected chi connectivity index (χ1v) is 10.0. The van der Waals surface area contributed by atoms with Crippen LogP contribution in [0.3, 0.4) is 0 Å². The fourth-order valence-corrected chi connectivity index (χ4v) is 4.15. The average molecular weight is 409 g/mol. The Morgan fingerprint density at radius 3 is 2.61 bits per heavy atom. The molecule has 0 saturated carbocycles. The molecular formula is C22H17ClN2O2S. The van der Waals surface area contributed by atoms with Crippen molar-refractivity contribution in [3.8, 4) is 16.3 Å². The number of amides is 1. The lowest BCUT2D eigenvalue weighted by molar-refractivity contribution is -0.116. The van der Waals surface area contributed by atoms with Gasteiger partial charge >= 0.3 is 0 Å². The van der Waals surface area contributed by atoms with Gasteiger partial charge in [-0.25, -0.2) is 4.98 Å². The Morgan fingerprint density at radius 1 is 1.07 bits per heavy atom. The first kappa shape index (κ1) is 18.5. The number of phenols is 1. The van der Waals surface area contributed by atoms with E-state index in [-0.39, 0.29) is 16.7 Å². The lowest BCUT2D eigenvalue weighted by Gasteiger charge is -2.10. The van der Waals surface area contributed by atoms with E-state index in [9.17, 15) is 9.90 Å². The second kappa shape index (κ2) is 8.00. The smallest absolute Gasteiger partial charge is 0.224 e. The molecule has 0 unspecified atom stereocenters. The Bertz CT molecular complexity index is 1110. The normalized spacial score (nSPS) is 10.9. The monoisotopic (exact) mass is 408 g/mol. The summed E-state index contributed by atoms with van der Waals surface area (Å²) in [6.45, 7) is 0. The number of benzene rings is 3. The summed E-state index contributed by atoms with van der Waals surface area (Å²) in [5.74, 6) is -0.149. The largest absolute Gasteiger partial charge is 0.506 e. The summed E-state index contributed by atoms with van der Waals surface area (Å²) in [5.41, 5.74) is 3.01. The van der Waals surface area contributed by atoms with Gasteiger partial charge < -0.3 is 10.4 Å². The first-order valence-electron chi connectivity index (χ1n) is 8.82. The zero-order valence-electron chi connectivity index (χ0n) is 14.9. The number of aromatic hydroxyl groups is 1. The maximum Gasteiger partial charge on any atom is 0.224 e. The van der Waals surface area contributed by atoms with E-state index in [1.165, 1.54) is 11.3 Å². The number of hydrogen-bond donors (Lipinski definition) is 2. The molecule has 4 nitrogen and oxygen atoms in total. The predicted molar refractivity (Wildman–Crippen MR) is 115 cm³/mol. The molecule has 4 aromatic rings. The van der Waals surface area contributed by atoms with E-state index in [2.05, 4.69) is 10.3 Å². The highest BCUT2D eigenvalue weighted by Crippen LogP contribution is 2.41. The van der Waals surface area contributed by atoms with Gasteiger partial charge in [0.25, 0.3) is 0 Å². The number of rotatable bonds is 5. The highest BCUT2D eigenvalue weighted by Gasteiger charge is 2.15. The molecule has 1 amide bonds. The molecule has 2 N–H and O–H groups in total. The number of aromatic nitrogens is 1. The van der Waals surface area contributed by atoms with E-state index in [1.54, 1.807) is 12.1 Å². The third kappa shape index (κ3) is 4.01. The maximum absolute atomic E-state index is 12.3. The fraction of sp³-hybridized carbons (Fsp3) is 0.0909. The van der Waals surface area contributed by atoms with Crippen LogP contribution in [0.4, 0.5) is 5.69 Å². The third-order valence-electron chi connectivity index (χ3n) is 4.36. The van der Waals surface area contributed by atoms with Crippen molar-refractivity contribution in [3.63, 3.8) is 0 Å². The first-order chi connectivity index (χ1) is 13.6. The number of fused-ring (bicyclic) bond motifs is 1. The number of nitrogens with zero attached hydrogens (tertiary/aromatic N) is 1. The molecule has 0 aliphatic heterocycles. The molecule has 1 aromatic heterocycles. The topological polar surface area (TPSA) is 62.2 Å². The summed E-state index contributed by atoms with van der Waals surface area (Å²) in [7, 11) is 0. The van der Waals surface area contributed by atoms with Crippen molar-refractivity contribution in [1.29, 1.82) is 0 Å². The van der Waals surface area contributed by atoms with E-state index in [1.807, 2.05) is 54.6 Å². The Labute approximate surface area is 171 Å². The summed E-state index contributed by atoms with van der Waals surface area (Å²) < 4.78 is 1.02. The Morgan fingerprint density at radius 2 is 1.82 bits per heavy atom. The van der Waals surface area contributed by atoms with Crippen molar-refractivity contribution in [2.45, 2.75) is 12.8 Å². The number of nitrogens with one attached hydrogen (secondary N) is 1. The number of aryl methyl sites for hydroxylation is 1. The van der Waals surface area contributed by atoms with Crippen LogP contribution in [0, 0.1) is 0 Å². The minimum absolute atomic E-state index is 0.0389. The van der Waals surface area contributed by atoms with Crippen molar-refractivity contribution >= 4 is 44.7 Å². The highest BCUT2D eigenvalue weighted by atomic mass is 35.5. The van der Waals surface area contributed by atoms with Gasteiger partial charge in [-0.3, -0.25) is 4.79 Å². The van der Waals surface area contributed by atoms with E-state index in [0.717, 1.165) is 15.8 Å². The summed E-state index contributed by atoms with van der Waals surface area (Å²) in [5, 5.41) is 14.1. The molecule has 140 valence electrons. The summed E-state index contributed by atoms with van der Waals surface area (Å²) >= 11 is 7.67. The van der Waals surface area contributed by atoms with Gasteiger partial charge in [0.1, 0.15) is 10.8 Å². The van der Waals surface area contributed by atoms with Crippen LogP contribution in [0.25, 0.3) is 20.8 Å². The molecule has 6 heteroatoms. The number of carbonyl (C=O) groups excluding carboxylic acids is 1. The van der Waals surface area contributed by atoms with Gasteiger partial charge in [0.05, 0.1) is 20.8 Å². The number of hydrogen-bond acceptors (Lipinski definition) is 4. The Kier molecular flexibility index (Phi) is 5.28. The van der Waals surface area contributed by atoms with Gasteiger partial charge in [-0.2, -0.15) is 0 Å². The van der Waals surface area contributed by atoms with Gasteiger partial charge in [-0.05, 0) is 36.2 Å². The molecule has 0 fully saturated rings. The van der Waals surface area contributed by atoms with Crippen LogP contribution in [-0.2, 0) is 11.2 Å². The molecule has 0 spiro atoms. The summed E-state index contributed by atoms with van der Waals surface area (Å²) in [6.07, 6.45) is 1.02. The average Bonchev–Trinajstić information content (AvgIpc) is 3.14. The summed E-state index contributed by atoms with van der Waals surface area (Å²) in [6, 6.07) is 20.9. The van der Waals surface area contributed by atoms with E-state index >= 15 is 0 Å². The second-order valence-corrected chi connectivity index (χ2v) is 7.81. The van der Waals surface area contributed by atoms with Crippen molar-refractivity contribution in [2.75, 3.05) is 5.32 Å². The lowest BCUT2D eigenvalue weighted by Crippen LogP contribution is -2.12. The van der Waals surface area contributed by atoms with Crippen LogP contribution < -0.4 is 5.32 Å². The zero-order valence-corrected chi connectivity index (χ0v) is 16.4. The number of para-hydroxylation sites is 1. The SMILES string of the molecule is O=C(CCc1ccccc1)Nc1cc(Cl)c(O)c(-c2nc3ccccc3s2)c1. The van der Waals surface area contributed by atoms with E-state index in [0.29, 0.717) is 29.1 Å². The third-order valence-corrected chi connectivity index (χ3v) is 5.71. The van der Waals surface area contributed by atoms with Crippen LogP contribution >= 0.6 is 22.9 Å². The van der Waals surface area contributed by atoms with Gasteiger partial charge in [0.2, 0.25) is 5.91 Å². The molecule has 0 aliphatic carbocycles. The molecule has 28 heavy (non-hydrogen) atoms. The summed E-state index contributed by atoms with van der Waals surface area (Å²) in [4.78, 5) is 16.9. The molecule has 4 rings (SSSR count). The minimum atomic E-state index is -0.110. The van der Waals surface area contributed by atoms with E-state index < -0.39 is 0 Å². The number of phenolic OH excluding ortho intramolecular Hbond substituents is 1. The lowest BCUT2D eigenvalue weighted by atomic mass is 10.1. The van der Waals surface area contributed by atoms with E-state index in [4.69, 9.17) is 11.6 Å². The highest BCUT2D eigenvalue weighted by molar-refractivity contribution is 7.21. The molecule has 0 saturated heterocycles. The zero-order chi connectivity index (χ0) is 19.5. The van der Waals surface area contributed by atoms with Crippen LogP contribution in [0.5, 0.6) is 5.75 Å². The molecule has 1 heterocycles. The van der Waals surface area contributed by atoms with Gasteiger partial charge in [0, 0.05) is 12.1 Å². The molecule has 0 bridgehead atoms. The maximum atomic E-state index is 12.3. The van der Waals surface area contributed by atoms with Crippen LogP contribution in [0.1, 0.15) is 12.0 Å². The van der Waals surface area contributed by atoms with Crippen LogP contribution in [0.15, 0.2) is 66.7 Å². The van der Waals surface area contributed by atoms with Gasteiger partial charge in [0.15, 0.2) is 0 Å². The Hall–Kier alpha value is -2.89. The molecule has 3 aromatic carbocycles. The van der Waals surface area contributed by atoms with Gasteiger partial charge in [-0.15, -0.1) is 11.3 Å².